The van der Waals surface area contributed by atoms with Crippen molar-refractivity contribution in [3.05, 3.63) is 66.5 Å². The Balaban J connectivity index is 1.51. The van der Waals surface area contributed by atoms with Gasteiger partial charge in [0.15, 0.2) is 11.5 Å². The molecular weight excluding hydrogens is 514 g/mol. The molecule has 0 atom stereocenters. The number of rotatable bonds is 11. The van der Waals surface area contributed by atoms with Crippen LogP contribution in [0, 0.1) is 0 Å². The molecule has 0 amide bonds. The first-order valence-corrected chi connectivity index (χ1v) is 12.3. The zero-order chi connectivity index (χ0) is 28.1. The van der Waals surface area contributed by atoms with Gasteiger partial charge in [0, 0.05) is 30.4 Å². The number of hydrogen-bond acceptors (Lipinski definition) is 11. The maximum atomic E-state index is 5.47. The van der Waals surface area contributed by atoms with Crippen molar-refractivity contribution in [1.82, 2.24) is 24.5 Å². The first kappa shape index (κ1) is 26.4. The number of nitrogens with zero attached hydrogens (tertiary/aromatic N) is 5. The van der Waals surface area contributed by atoms with Crippen LogP contribution in [0.2, 0.25) is 0 Å². The molecule has 0 radical (unpaired) electrons. The quantitative estimate of drug-likeness (QED) is 0.242. The lowest BCUT2D eigenvalue weighted by molar-refractivity contribution is 0.324. The summed E-state index contributed by atoms with van der Waals surface area (Å²) in [7, 11) is 7.93. The third kappa shape index (κ3) is 5.32. The third-order valence-corrected chi connectivity index (χ3v) is 6.15. The Hall–Kier alpha value is -5.26. The van der Waals surface area contributed by atoms with E-state index in [4.69, 9.17) is 28.7 Å². The number of nitrogens with one attached hydrogen (secondary N) is 2. The van der Waals surface area contributed by atoms with Gasteiger partial charge in [0.05, 0.1) is 46.6 Å². The van der Waals surface area contributed by atoms with E-state index in [0.29, 0.717) is 53.1 Å². The van der Waals surface area contributed by atoms with Crippen molar-refractivity contribution >= 4 is 28.6 Å². The van der Waals surface area contributed by atoms with Crippen LogP contribution < -0.4 is 34.3 Å². The molecule has 0 spiro atoms. The zero-order valence-corrected chi connectivity index (χ0v) is 22.8. The van der Waals surface area contributed by atoms with Gasteiger partial charge in [-0.15, -0.1) is 0 Å². The maximum absolute atomic E-state index is 5.47. The largest absolute Gasteiger partial charge is 0.497 e. The Morgan fingerprint density at radius 1 is 0.725 bits per heavy atom. The minimum Gasteiger partial charge on any atom is -0.497 e. The second-order valence-corrected chi connectivity index (χ2v) is 8.48. The molecule has 0 saturated heterocycles. The first-order valence-electron chi connectivity index (χ1n) is 12.3. The van der Waals surface area contributed by atoms with E-state index in [1.165, 1.54) is 6.33 Å². The standard InChI is InChI=1S/C28H29N7O5/c1-36-19-8-6-17(7-9-19)15-29-27-33-21-11-10-20(37-2)14-22(21)35(27)28-31-16-30-26(34-28)32-18-12-23(38-3)25(40-5)24(13-18)39-4/h6-14,16H,15H2,1-5H3,(H,29,33)(H,30,31,32,34). The smallest absolute Gasteiger partial charge is 0.241 e. The van der Waals surface area contributed by atoms with Gasteiger partial charge in [-0.2, -0.15) is 4.98 Å². The van der Waals surface area contributed by atoms with E-state index in [1.54, 1.807) is 47.7 Å². The normalized spacial score (nSPS) is 10.7. The van der Waals surface area contributed by atoms with E-state index in [2.05, 4.69) is 25.6 Å². The van der Waals surface area contributed by atoms with Crippen molar-refractivity contribution < 1.29 is 23.7 Å². The van der Waals surface area contributed by atoms with Crippen LogP contribution in [0.3, 0.4) is 0 Å². The van der Waals surface area contributed by atoms with Crippen LogP contribution >= 0.6 is 0 Å². The van der Waals surface area contributed by atoms with E-state index in [-0.39, 0.29) is 0 Å². The van der Waals surface area contributed by atoms with Gasteiger partial charge in [0.1, 0.15) is 17.8 Å². The SMILES string of the molecule is COc1ccc(CNc2nc3ccc(OC)cc3n2-c2ncnc(Nc3cc(OC)c(OC)c(OC)c3)n2)cc1. The summed E-state index contributed by atoms with van der Waals surface area (Å²) < 4.78 is 28.9. The van der Waals surface area contributed by atoms with Crippen LogP contribution in [-0.4, -0.2) is 60.1 Å². The fourth-order valence-electron chi connectivity index (χ4n) is 4.17. The van der Waals surface area contributed by atoms with Crippen LogP contribution in [-0.2, 0) is 6.54 Å². The molecule has 40 heavy (non-hydrogen) atoms. The van der Waals surface area contributed by atoms with Gasteiger partial charge in [0.2, 0.25) is 23.6 Å². The second-order valence-electron chi connectivity index (χ2n) is 8.48. The lowest BCUT2D eigenvalue weighted by Crippen LogP contribution is -2.10. The van der Waals surface area contributed by atoms with Crippen LogP contribution in [0.4, 0.5) is 17.6 Å². The van der Waals surface area contributed by atoms with Gasteiger partial charge in [0.25, 0.3) is 0 Å². The summed E-state index contributed by atoms with van der Waals surface area (Å²) >= 11 is 0. The van der Waals surface area contributed by atoms with Crippen molar-refractivity contribution in [2.24, 2.45) is 0 Å². The number of fused-ring (bicyclic) bond motifs is 1. The highest BCUT2D eigenvalue weighted by Gasteiger charge is 2.18. The van der Waals surface area contributed by atoms with Gasteiger partial charge >= 0.3 is 0 Å². The van der Waals surface area contributed by atoms with Crippen LogP contribution in [0.15, 0.2) is 60.9 Å². The highest BCUT2D eigenvalue weighted by Crippen LogP contribution is 2.40. The van der Waals surface area contributed by atoms with Gasteiger partial charge < -0.3 is 34.3 Å². The number of ether oxygens (including phenoxy) is 5. The molecule has 2 aromatic heterocycles. The highest BCUT2D eigenvalue weighted by molar-refractivity contribution is 5.82. The molecule has 0 fully saturated rings. The van der Waals surface area contributed by atoms with E-state index in [9.17, 15) is 0 Å². The molecule has 0 saturated carbocycles. The number of imidazole rings is 1. The Labute approximate surface area is 230 Å². The van der Waals surface area contributed by atoms with E-state index in [0.717, 1.165) is 22.3 Å². The minimum atomic E-state index is 0.310. The van der Waals surface area contributed by atoms with Crippen LogP contribution in [0.1, 0.15) is 5.56 Å². The molecule has 0 aliphatic rings. The monoisotopic (exact) mass is 543 g/mol. The maximum Gasteiger partial charge on any atom is 0.241 e. The fourth-order valence-corrected chi connectivity index (χ4v) is 4.17. The topological polar surface area (TPSA) is 127 Å². The summed E-state index contributed by atoms with van der Waals surface area (Å²) in [5.41, 5.74) is 3.21. The summed E-state index contributed by atoms with van der Waals surface area (Å²) in [5.74, 6) is 4.18. The molecule has 206 valence electrons. The second kappa shape index (κ2) is 11.6. The van der Waals surface area contributed by atoms with Crippen molar-refractivity contribution in [3.63, 3.8) is 0 Å². The summed E-state index contributed by atoms with van der Waals surface area (Å²) in [6.07, 6.45) is 1.43. The number of benzene rings is 3. The summed E-state index contributed by atoms with van der Waals surface area (Å²) in [6, 6.07) is 17.0. The lowest BCUT2D eigenvalue weighted by Gasteiger charge is -2.15. The molecule has 0 bridgehead atoms. The van der Waals surface area contributed by atoms with Crippen molar-refractivity contribution in [1.29, 1.82) is 0 Å². The van der Waals surface area contributed by atoms with E-state index >= 15 is 0 Å². The Morgan fingerprint density at radius 3 is 2.08 bits per heavy atom. The number of hydrogen-bond donors (Lipinski definition) is 2. The first-order chi connectivity index (χ1) is 19.6. The third-order valence-electron chi connectivity index (χ3n) is 6.15. The number of methoxy groups -OCH3 is 5. The molecule has 2 heterocycles. The highest BCUT2D eigenvalue weighted by atomic mass is 16.5. The van der Waals surface area contributed by atoms with Crippen molar-refractivity contribution in [2.45, 2.75) is 6.54 Å². The molecule has 12 heteroatoms. The Morgan fingerprint density at radius 2 is 1.43 bits per heavy atom. The van der Waals surface area contributed by atoms with Gasteiger partial charge in [-0.05, 0) is 29.8 Å². The summed E-state index contributed by atoms with van der Waals surface area (Å²) in [6.45, 7) is 0.520. The van der Waals surface area contributed by atoms with Crippen molar-refractivity contribution in [3.8, 4) is 34.7 Å². The number of aromatic nitrogens is 5. The number of anilines is 3. The van der Waals surface area contributed by atoms with Gasteiger partial charge in [-0.1, -0.05) is 12.1 Å². The average molecular weight is 544 g/mol. The minimum absolute atomic E-state index is 0.310. The van der Waals surface area contributed by atoms with Crippen LogP contribution in [0.25, 0.3) is 17.0 Å². The molecule has 0 aliphatic carbocycles. The molecule has 3 aromatic carbocycles. The van der Waals surface area contributed by atoms with Gasteiger partial charge in [-0.3, -0.25) is 0 Å². The van der Waals surface area contributed by atoms with Gasteiger partial charge in [-0.25, -0.2) is 19.5 Å². The molecule has 5 rings (SSSR count). The molecule has 0 unspecified atom stereocenters. The molecular formula is C28H29N7O5. The molecule has 5 aromatic rings. The van der Waals surface area contributed by atoms with E-state index < -0.39 is 0 Å². The predicted octanol–water partition coefficient (Wildman–Crippen LogP) is 4.61. The van der Waals surface area contributed by atoms with Crippen LogP contribution in [0.5, 0.6) is 28.7 Å². The summed E-state index contributed by atoms with van der Waals surface area (Å²) in [4.78, 5) is 18.3. The molecule has 12 nitrogen and oxygen atoms in total. The average Bonchev–Trinajstić information content (AvgIpc) is 3.37. The van der Waals surface area contributed by atoms with E-state index in [1.807, 2.05) is 47.0 Å². The Bertz CT molecular complexity index is 1600. The Kier molecular flexibility index (Phi) is 7.67. The lowest BCUT2D eigenvalue weighted by atomic mass is 10.2. The zero-order valence-electron chi connectivity index (χ0n) is 22.8. The van der Waals surface area contributed by atoms with Crippen molar-refractivity contribution in [2.75, 3.05) is 46.2 Å². The fraction of sp³-hybridized carbons (Fsp3) is 0.214. The predicted molar refractivity (Wildman–Crippen MR) is 151 cm³/mol. The molecule has 0 aliphatic heterocycles. The summed E-state index contributed by atoms with van der Waals surface area (Å²) in [5, 5.41) is 6.60. The molecule has 2 N–H and O–H groups in total.